The quantitative estimate of drug-likeness (QED) is 0.788. The van der Waals surface area contributed by atoms with E-state index in [0.717, 1.165) is 6.42 Å². The number of hydrogen-bond acceptors (Lipinski definition) is 1. The number of aryl methyl sites for hydroxylation is 2. The van der Waals surface area contributed by atoms with Crippen LogP contribution < -0.4 is 5.32 Å². The molecule has 0 saturated heterocycles. The van der Waals surface area contributed by atoms with Crippen LogP contribution in [0.2, 0.25) is 0 Å². The minimum absolute atomic E-state index is 0.148. The van der Waals surface area contributed by atoms with Crippen LogP contribution in [-0.2, 0) is 0 Å². The van der Waals surface area contributed by atoms with Crippen molar-refractivity contribution in [1.29, 1.82) is 0 Å². The Balaban J connectivity index is 2.81. The van der Waals surface area contributed by atoms with Crippen LogP contribution in [0.25, 0.3) is 0 Å². The molecule has 0 radical (unpaired) electrons. The molecule has 1 atom stereocenters. The van der Waals surface area contributed by atoms with Crippen molar-refractivity contribution in [2.45, 2.75) is 73.4 Å². The maximum atomic E-state index is 3.78. The van der Waals surface area contributed by atoms with Crippen molar-refractivity contribution >= 4 is 0 Å². The molecule has 0 amide bonds. The molecule has 0 heterocycles. The van der Waals surface area contributed by atoms with E-state index in [-0.39, 0.29) is 5.54 Å². The lowest BCUT2D eigenvalue weighted by Crippen LogP contribution is -2.43. The van der Waals surface area contributed by atoms with Crippen molar-refractivity contribution in [1.82, 2.24) is 5.32 Å². The second-order valence-corrected chi connectivity index (χ2v) is 7.91. The number of benzene rings is 1. The van der Waals surface area contributed by atoms with Gasteiger partial charge in [-0.2, -0.15) is 0 Å². The standard InChI is InChI=1S/C18H31N/c1-13-9-14(2)11-16(10-13)15(3)19-18(7,8)12-17(4,5)6/h9-11,15,19H,12H2,1-8H3. The summed E-state index contributed by atoms with van der Waals surface area (Å²) in [6, 6.07) is 7.20. The molecule has 1 unspecified atom stereocenters. The van der Waals surface area contributed by atoms with Gasteiger partial charge < -0.3 is 5.32 Å². The first-order chi connectivity index (χ1) is 8.48. The second kappa shape index (κ2) is 5.66. The van der Waals surface area contributed by atoms with Gasteiger partial charge in [0.05, 0.1) is 0 Å². The van der Waals surface area contributed by atoms with E-state index >= 15 is 0 Å². The smallest absolute Gasteiger partial charge is 0.0296 e. The van der Waals surface area contributed by atoms with Crippen molar-refractivity contribution in [3.8, 4) is 0 Å². The molecule has 0 aliphatic rings. The van der Waals surface area contributed by atoms with Crippen molar-refractivity contribution in [2.24, 2.45) is 5.41 Å². The predicted molar refractivity (Wildman–Crippen MR) is 85.6 cm³/mol. The molecule has 1 heteroatoms. The summed E-state index contributed by atoms with van der Waals surface area (Å²) < 4.78 is 0. The minimum Gasteiger partial charge on any atom is -0.305 e. The van der Waals surface area contributed by atoms with Gasteiger partial charge in [0.15, 0.2) is 0 Å². The maximum Gasteiger partial charge on any atom is 0.0296 e. The second-order valence-electron chi connectivity index (χ2n) is 7.91. The van der Waals surface area contributed by atoms with E-state index in [1.807, 2.05) is 0 Å². The van der Waals surface area contributed by atoms with Crippen molar-refractivity contribution in [2.75, 3.05) is 0 Å². The van der Waals surface area contributed by atoms with E-state index in [1.165, 1.54) is 16.7 Å². The van der Waals surface area contributed by atoms with Crippen LogP contribution in [0.1, 0.15) is 70.7 Å². The lowest BCUT2D eigenvalue weighted by molar-refractivity contribution is 0.227. The average Bonchev–Trinajstić information content (AvgIpc) is 2.10. The van der Waals surface area contributed by atoms with Crippen LogP contribution in [0, 0.1) is 19.3 Å². The highest BCUT2D eigenvalue weighted by Gasteiger charge is 2.26. The molecule has 1 aromatic rings. The largest absolute Gasteiger partial charge is 0.305 e. The molecular weight excluding hydrogens is 230 g/mol. The molecule has 1 aromatic carbocycles. The van der Waals surface area contributed by atoms with Gasteiger partial charge in [0.2, 0.25) is 0 Å². The average molecular weight is 261 g/mol. The number of hydrogen-bond donors (Lipinski definition) is 1. The van der Waals surface area contributed by atoms with Gasteiger partial charge in [-0.05, 0) is 52.0 Å². The highest BCUT2D eigenvalue weighted by Crippen LogP contribution is 2.29. The van der Waals surface area contributed by atoms with E-state index in [9.17, 15) is 0 Å². The zero-order chi connectivity index (χ0) is 14.8. The summed E-state index contributed by atoms with van der Waals surface area (Å²) in [6.45, 7) is 18.1. The van der Waals surface area contributed by atoms with E-state index in [0.29, 0.717) is 11.5 Å². The zero-order valence-corrected chi connectivity index (χ0v) is 14.0. The molecule has 108 valence electrons. The normalized spacial score (nSPS) is 14.5. The van der Waals surface area contributed by atoms with Crippen LogP contribution in [0.5, 0.6) is 0 Å². The summed E-state index contributed by atoms with van der Waals surface area (Å²) in [5.41, 5.74) is 4.57. The van der Waals surface area contributed by atoms with Crippen molar-refractivity contribution in [3.63, 3.8) is 0 Å². The fourth-order valence-corrected chi connectivity index (χ4v) is 3.31. The van der Waals surface area contributed by atoms with Gasteiger partial charge in [-0.15, -0.1) is 0 Å². The lowest BCUT2D eigenvalue weighted by atomic mass is 9.81. The SMILES string of the molecule is Cc1cc(C)cc(C(C)NC(C)(C)CC(C)(C)C)c1. The minimum atomic E-state index is 0.148. The van der Waals surface area contributed by atoms with Gasteiger partial charge in [0.1, 0.15) is 0 Å². The molecule has 1 N–H and O–H groups in total. The third-order valence-corrected chi connectivity index (χ3v) is 3.32. The summed E-state index contributed by atoms with van der Waals surface area (Å²) in [5.74, 6) is 0. The van der Waals surface area contributed by atoms with Crippen LogP contribution in [-0.4, -0.2) is 5.54 Å². The Labute approximate surface area is 119 Å². The van der Waals surface area contributed by atoms with E-state index in [2.05, 4.69) is 78.9 Å². The van der Waals surface area contributed by atoms with Crippen molar-refractivity contribution < 1.29 is 0 Å². The molecule has 0 bridgehead atoms. The highest BCUT2D eigenvalue weighted by atomic mass is 15.0. The highest BCUT2D eigenvalue weighted by molar-refractivity contribution is 5.30. The molecular formula is C18H31N. The third kappa shape index (κ3) is 5.78. The first-order valence-corrected chi connectivity index (χ1v) is 7.34. The maximum absolute atomic E-state index is 3.78. The van der Waals surface area contributed by atoms with E-state index in [4.69, 9.17) is 0 Å². The van der Waals surface area contributed by atoms with Crippen LogP contribution >= 0.6 is 0 Å². The topological polar surface area (TPSA) is 12.0 Å². The summed E-state index contributed by atoms with van der Waals surface area (Å²) in [6.07, 6.45) is 1.16. The molecule has 19 heavy (non-hydrogen) atoms. The number of nitrogens with one attached hydrogen (secondary N) is 1. The van der Waals surface area contributed by atoms with Crippen LogP contribution in [0.3, 0.4) is 0 Å². The molecule has 0 saturated carbocycles. The zero-order valence-electron chi connectivity index (χ0n) is 14.0. The molecule has 1 nitrogen and oxygen atoms in total. The lowest BCUT2D eigenvalue weighted by Gasteiger charge is -2.36. The molecule has 0 aliphatic heterocycles. The molecule has 0 aliphatic carbocycles. The third-order valence-electron chi connectivity index (χ3n) is 3.32. The molecule has 0 aromatic heterocycles. The fourth-order valence-electron chi connectivity index (χ4n) is 3.31. The number of rotatable bonds is 4. The molecule has 0 spiro atoms. The summed E-state index contributed by atoms with van der Waals surface area (Å²) in [4.78, 5) is 0. The van der Waals surface area contributed by atoms with Gasteiger partial charge in [-0.1, -0.05) is 50.1 Å². The molecule has 1 rings (SSSR count). The summed E-state index contributed by atoms with van der Waals surface area (Å²) in [7, 11) is 0. The van der Waals surface area contributed by atoms with Gasteiger partial charge in [-0.25, -0.2) is 0 Å². The molecule has 0 fully saturated rings. The van der Waals surface area contributed by atoms with Gasteiger partial charge in [0.25, 0.3) is 0 Å². The van der Waals surface area contributed by atoms with Gasteiger partial charge in [-0.3, -0.25) is 0 Å². The van der Waals surface area contributed by atoms with Crippen LogP contribution in [0.4, 0.5) is 0 Å². The fraction of sp³-hybridized carbons (Fsp3) is 0.667. The Kier molecular flexibility index (Phi) is 4.84. The van der Waals surface area contributed by atoms with E-state index < -0.39 is 0 Å². The Morgan fingerprint density at radius 1 is 0.947 bits per heavy atom. The van der Waals surface area contributed by atoms with Crippen molar-refractivity contribution in [3.05, 3.63) is 34.9 Å². The van der Waals surface area contributed by atoms with Gasteiger partial charge >= 0.3 is 0 Å². The Hall–Kier alpha value is -0.820. The predicted octanol–water partition coefficient (Wildman–Crippen LogP) is 5.17. The van der Waals surface area contributed by atoms with Gasteiger partial charge in [0, 0.05) is 11.6 Å². The summed E-state index contributed by atoms with van der Waals surface area (Å²) >= 11 is 0. The first kappa shape index (κ1) is 16.2. The monoisotopic (exact) mass is 261 g/mol. The Morgan fingerprint density at radius 3 is 1.84 bits per heavy atom. The van der Waals surface area contributed by atoms with E-state index in [1.54, 1.807) is 0 Å². The summed E-state index contributed by atoms with van der Waals surface area (Å²) in [5, 5.41) is 3.78. The Bertz CT molecular complexity index is 404. The Morgan fingerprint density at radius 2 is 1.42 bits per heavy atom. The first-order valence-electron chi connectivity index (χ1n) is 7.34. The van der Waals surface area contributed by atoms with Crippen LogP contribution in [0.15, 0.2) is 18.2 Å².